The number of aliphatic hydroxyl groups excluding tert-OH is 1. The van der Waals surface area contributed by atoms with Gasteiger partial charge in [0.2, 0.25) is 0 Å². The second-order valence-electron chi connectivity index (χ2n) is 5.96. The van der Waals surface area contributed by atoms with E-state index in [1.165, 1.54) is 36.1 Å². The first-order valence-electron chi connectivity index (χ1n) is 7.54. The first-order valence-corrected chi connectivity index (χ1v) is 7.54. The normalized spacial score (nSPS) is 22.7. The molecule has 1 N–H and O–H groups in total. The van der Waals surface area contributed by atoms with Crippen molar-refractivity contribution in [1.82, 2.24) is 0 Å². The third-order valence-electron chi connectivity index (χ3n) is 4.58. The van der Waals surface area contributed by atoms with E-state index < -0.39 is 23.5 Å². The minimum atomic E-state index is -0.575. The number of aliphatic hydroxyl groups is 1. The molecule has 116 valence electrons. The van der Waals surface area contributed by atoms with Crippen molar-refractivity contribution >= 4 is 17.4 Å². The molecular weight excluding hydrogens is 285 g/mol. The van der Waals surface area contributed by atoms with E-state index in [2.05, 4.69) is 0 Å². The van der Waals surface area contributed by atoms with E-state index in [1.807, 2.05) is 0 Å². The number of halogens is 1. The maximum Gasteiger partial charge on any atom is 0.294 e. The van der Waals surface area contributed by atoms with Crippen molar-refractivity contribution in [1.29, 1.82) is 0 Å². The highest BCUT2D eigenvalue weighted by Crippen LogP contribution is 2.40. The fraction of sp³-hybridized carbons (Fsp3) is 0.412. The zero-order valence-corrected chi connectivity index (χ0v) is 12.4. The van der Waals surface area contributed by atoms with Crippen LogP contribution >= 0.6 is 0 Å². The van der Waals surface area contributed by atoms with E-state index in [4.69, 9.17) is 0 Å². The highest BCUT2D eigenvalue weighted by Gasteiger charge is 2.46. The van der Waals surface area contributed by atoms with Gasteiger partial charge in [-0.3, -0.25) is 14.5 Å². The molecule has 22 heavy (non-hydrogen) atoms. The van der Waals surface area contributed by atoms with Gasteiger partial charge in [-0.05, 0) is 49.9 Å². The monoisotopic (exact) mass is 303 g/mol. The van der Waals surface area contributed by atoms with Crippen molar-refractivity contribution in [3.63, 3.8) is 0 Å². The Kier molecular flexibility index (Phi) is 3.72. The topological polar surface area (TPSA) is 57.6 Å². The van der Waals surface area contributed by atoms with E-state index in [0.29, 0.717) is 5.69 Å². The smallest absolute Gasteiger partial charge is 0.294 e. The average Bonchev–Trinajstić information content (AvgIpc) is 3.08. The van der Waals surface area contributed by atoms with Crippen LogP contribution in [0.5, 0.6) is 0 Å². The summed E-state index contributed by atoms with van der Waals surface area (Å²) in [6.07, 6.45) is 3.94. The van der Waals surface area contributed by atoms with Gasteiger partial charge in [0.1, 0.15) is 5.82 Å². The van der Waals surface area contributed by atoms with E-state index in [-0.39, 0.29) is 17.3 Å². The van der Waals surface area contributed by atoms with Gasteiger partial charge in [-0.25, -0.2) is 4.39 Å². The van der Waals surface area contributed by atoms with Crippen LogP contribution in [0.3, 0.4) is 0 Å². The zero-order chi connectivity index (χ0) is 15.9. The molecule has 1 unspecified atom stereocenters. The average molecular weight is 303 g/mol. The molecule has 4 nitrogen and oxygen atoms in total. The Balaban J connectivity index is 2.06. The van der Waals surface area contributed by atoms with Crippen LogP contribution in [0.4, 0.5) is 10.1 Å². The number of hydrogen-bond acceptors (Lipinski definition) is 3. The van der Waals surface area contributed by atoms with E-state index >= 15 is 0 Å². The number of amides is 1. The fourth-order valence-electron chi connectivity index (χ4n) is 3.60. The molecule has 1 aromatic carbocycles. The van der Waals surface area contributed by atoms with Crippen LogP contribution in [0.15, 0.2) is 35.6 Å². The van der Waals surface area contributed by atoms with Crippen molar-refractivity contribution in [2.75, 3.05) is 4.90 Å². The Morgan fingerprint density at radius 1 is 1.23 bits per heavy atom. The lowest BCUT2D eigenvalue weighted by atomic mass is 9.90. The van der Waals surface area contributed by atoms with Gasteiger partial charge in [0, 0.05) is 5.69 Å². The molecule has 3 rings (SSSR count). The van der Waals surface area contributed by atoms with Crippen LogP contribution in [0, 0.1) is 11.7 Å². The van der Waals surface area contributed by atoms with Crippen LogP contribution in [-0.4, -0.2) is 22.8 Å². The summed E-state index contributed by atoms with van der Waals surface area (Å²) in [5, 5.41) is 10.1. The van der Waals surface area contributed by atoms with Gasteiger partial charge in [0.15, 0.2) is 11.5 Å². The Morgan fingerprint density at radius 3 is 2.36 bits per heavy atom. The van der Waals surface area contributed by atoms with Gasteiger partial charge >= 0.3 is 0 Å². The summed E-state index contributed by atoms with van der Waals surface area (Å²) in [6, 6.07) is 5.11. The van der Waals surface area contributed by atoms with Gasteiger partial charge in [-0.15, -0.1) is 0 Å². The minimum absolute atomic E-state index is 0.151. The van der Waals surface area contributed by atoms with Crippen molar-refractivity contribution < 1.29 is 19.1 Å². The summed E-state index contributed by atoms with van der Waals surface area (Å²) < 4.78 is 13.1. The van der Waals surface area contributed by atoms with Gasteiger partial charge in [0.25, 0.3) is 5.91 Å². The van der Waals surface area contributed by atoms with E-state index in [0.717, 1.165) is 25.7 Å². The maximum absolute atomic E-state index is 13.1. The van der Waals surface area contributed by atoms with E-state index in [9.17, 15) is 19.1 Å². The summed E-state index contributed by atoms with van der Waals surface area (Å²) in [7, 11) is 0. The molecule has 1 fully saturated rings. The molecule has 1 saturated carbocycles. The predicted octanol–water partition coefficient (Wildman–Crippen LogP) is 3.13. The number of carbonyl (C=O) groups excluding carboxylic acids is 2. The molecule has 2 aliphatic rings. The van der Waals surface area contributed by atoms with Crippen LogP contribution in [-0.2, 0) is 9.59 Å². The minimum Gasteiger partial charge on any atom is -0.503 e. The first-order chi connectivity index (χ1) is 10.5. The molecule has 1 aliphatic heterocycles. The number of ketones is 1. The number of carbonyl (C=O) groups is 2. The lowest BCUT2D eigenvalue weighted by Gasteiger charge is -2.30. The molecule has 0 aromatic heterocycles. The first kappa shape index (κ1) is 14.8. The summed E-state index contributed by atoms with van der Waals surface area (Å²) in [5.41, 5.74) is 0.701. The predicted molar refractivity (Wildman–Crippen MR) is 80.0 cm³/mol. The van der Waals surface area contributed by atoms with Crippen molar-refractivity contribution in [3.8, 4) is 0 Å². The Labute approximate surface area is 128 Å². The summed E-state index contributed by atoms with van der Waals surface area (Å²) in [6.45, 7) is 1.37. The number of rotatable bonds is 3. The van der Waals surface area contributed by atoms with Gasteiger partial charge in [-0.1, -0.05) is 12.8 Å². The summed E-state index contributed by atoms with van der Waals surface area (Å²) >= 11 is 0. The second kappa shape index (κ2) is 5.55. The highest BCUT2D eigenvalue weighted by molar-refractivity contribution is 6.16. The third-order valence-corrected chi connectivity index (χ3v) is 4.58. The van der Waals surface area contributed by atoms with Crippen molar-refractivity contribution in [3.05, 3.63) is 41.4 Å². The second-order valence-corrected chi connectivity index (χ2v) is 5.96. The lowest BCUT2D eigenvalue weighted by Crippen LogP contribution is -2.41. The number of hydrogen-bond donors (Lipinski definition) is 1. The zero-order valence-electron chi connectivity index (χ0n) is 12.4. The van der Waals surface area contributed by atoms with Gasteiger partial charge < -0.3 is 5.11 Å². The standard InChI is InChI=1S/C17H18FNO3/c1-10(20)14-15(11-4-2-3-5-11)19(17(22)16(14)21)13-8-6-12(18)7-9-13/h6-9,11,15,21H,2-5H2,1H3. The van der Waals surface area contributed by atoms with Crippen LogP contribution < -0.4 is 4.90 Å². The molecule has 1 atom stereocenters. The molecule has 0 saturated heterocycles. The Morgan fingerprint density at radius 2 is 1.82 bits per heavy atom. The number of nitrogens with zero attached hydrogens (tertiary/aromatic N) is 1. The molecule has 1 aromatic rings. The van der Waals surface area contributed by atoms with Gasteiger partial charge in [-0.2, -0.15) is 0 Å². The third kappa shape index (κ3) is 2.30. The molecule has 1 heterocycles. The van der Waals surface area contributed by atoms with Gasteiger partial charge in [0.05, 0.1) is 11.6 Å². The summed E-state index contributed by atoms with van der Waals surface area (Å²) in [4.78, 5) is 25.8. The molecule has 0 bridgehead atoms. The van der Waals surface area contributed by atoms with Crippen molar-refractivity contribution in [2.24, 2.45) is 5.92 Å². The van der Waals surface area contributed by atoms with Crippen LogP contribution in [0.25, 0.3) is 0 Å². The van der Waals surface area contributed by atoms with Crippen molar-refractivity contribution in [2.45, 2.75) is 38.6 Å². The Bertz CT molecular complexity index is 644. The fourth-order valence-corrected chi connectivity index (χ4v) is 3.60. The highest BCUT2D eigenvalue weighted by atomic mass is 19.1. The molecular formula is C17H18FNO3. The van der Waals surface area contributed by atoms with Crippen LogP contribution in [0.2, 0.25) is 0 Å². The van der Waals surface area contributed by atoms with E-state index in [1.54, 1.807) is 0 Å². The largest absolute Gasteiger partial charge is 0.503 e. The molecule has 1 aliphatic carbocycles. The van der Waals surface area contributed by atoms with Crippen LogP contribution in [0.1, 0.15) is 32.6 Å². The summed E-state index contributed by atoms with van der Waals surface area (Å²) in [5.74, 6) is -1.57. The number of anilines is 1. The maximum atomic E-state index is 13.1. The lowest BCUT2D eigenvalue weighted by molar-refractivity contribution is -0.117. The molecule has 5 heteroatoms. The molecule has 0 radical (unpaired) electrons. The number of benzene rings is 1. The molecule has 1 amide bonds. The molecule has 0 spiro atoms. The SMILES string of the molecule is CC(=O)C1=C(O)C(=O)N(c2ccc(F)cc2)C1C1CCCC1. The number of Topliss-reactive ketones (excluding diaryl/α,β-unsaturated/α-hetero) is 1. The quantitative estimate of drug-likeness (QED) is 0.933. The Hall–Kier alpha value is -2.17.